The molecule has 1 aliphatic rings. The van der Waals surface area contributed by atoms with Crippen LogP contribution in [0.5, 0.6) is 0 Å². The molecule has 2 aromatic carbocycles. The van der Waals surface area contributed by atoms with E-state index in [0.29, 0.717) is 54.6 Å². The second-order valence-corrected chi connectivity index (χ2v) is 18.8. The molecule has 406 valence electrons. The minimum atomic E-state index is -1.36. The Morgan fingerprint density at radius 2 is 1.46 bits per heavy atom. The summed E-state index contributed by atoms with van der Waals surface area (Å²) in [5, 5.41) is 28.6. The smallest absolute Gasteiger partial charge is 0.243 e. The van der Waals surface area contributed by atoms with Gasteiger partial charge in [-0.2, -0.15) is 0 Å². The van der Waals surface area contributed by atoms with E-state index >= 15 is 0 Å². The fourth-order valence-electron chi connectivity index (χ4n) is 8.80. The highest BCUT2D eigenvalue weighted by atomic mass is 16.2. The normalized spacial score (nSPS) is 20.8. The molecule has 0 saturated heterocycles. The summed E-state index contributed by atoms with van der Waals surface area (Å²) < 4.78 is 1.35. The molecule has 0 fully saturated rings. The Kier molecular flexibility index (Phi) is 21.0. The molecule has 76 heavy (non-hydrogen) atoms. The zero-order valence-corrected chi connectivity index (χ0v) is 42.7. The Hall–Kier alpha value is -8.64. The number of H-pyrrole nitrogens is 2. The first-order valence-corrected chi connectivity index (χ1v) is 25.5. The van der Waals surface area contributed by atoms with Crippen LogP contribution in [-0.2, 0) is 70.6 Å². The summed E-state index contributed by atoms with van der Waals surface area (Å²) in [7, 11) is 0. The van der Waals surface area contributed by atoms with Crippen LogP contribution in [0.2, 0.25) is 0 Å². The highest BCUT2D eigenvalue weighted by Crippen LogP contribution is 2.20. The molecule has 7 atom stereocenters. The number of hydrogen-bond acceptors (Lipinski definition) is 12. The van der Waals surface area contributed by atoms with Gasteiger partial charge in [-0.25, -0.2) is 9.67 Å². The van der Waals surface area contributed by atoms with Gasteiger partial charge in [0, 0.05) is 67.9 Å². The predicted molar refractivity (Wildman–Crippen MR) is 280 cm³/mol. The number of aryl methyl sites for hydroxylation is 1. The van der Waals surface area contributed by atoms with Crippen LogP contribution in [0.25, 0.3) is 10.9 Å². The number of imidazole rings is 1. The van der Waals surface area contributed by atoms with Crippen LogP contribution in [0.15, 0.2) is 84.5 Å². The number of unbranched alkanes of at least 4 members (excludes halogenated alkanes) is 1. The lowest BCUT2D eigenvalue weighted by Crippen LogP contribution is -2.61. The van der Waals surface area contributed by atoms with Crippen molar-refractivity contribution in [3.05, 3.63) is 102 Å². The molecule has 0 unspecified atom stereocenters. The van der Waals surface area contributed by atoms with E-state index in [2.05, 4.69) is 67.5 Å². The van der Waals surface area contributed by atoms with Gasteiger partial charge in [-0.15, -0.1) is 5.10 Å². The lowest BCUT2D eigenvalue weighted by molar-refractivity contribution is -0.135. The van der Waals surface area contributed by atoms with E-state index in [0.717, 1.165) is 17.3 Å². The average Bonchev–Trinajstić information content (AvgIpc) is 4.18. The average molecular weight is 1050 g/mol. The first kappa shape index (κ1) is 56.7. The van der Waals surface area contributed by atoms with Crippen LogP contribution in [-0.4, -0.2) is 132 Å². The molecular formula is C51H69N17O8. The van der Waals surface area contributed by atoms with Gasteiger partial charge < -0.3 is 64.4 Å². The summed E-state index contributed by atoms with van der Waals surface area (Å²) in [5.41, 5.74) is 20.1. The molecule has 5 aromatic rings. The number of hydrogen-bond donors (Lipinski definition) is 12. The van der Waals surface area contributed by atoms with Crippen molar-refractivity contribution in [3.8, 4) is 0 Å². The third kappa shape index (κ3) is 17.2. The minimum Gasteiger partial charge on any atom is -0.370 e. The summed E-state index contributed by atoms with van der Waals surface area (Å²) in [4.78, 5) is 126. The summed E-state index contributed by atoms with van der Waals surface area (Å²) >= 11 is 0. The molecule has 4 heterocycles. The number of guanidine groups is 1. The maximum atomic E-state index is 14.8. The number of benzene rings is 2. The molecule has 0 aliphatic carbocycles. The SMILES string of the molecule is CCCC[C@H](NC(C)=O)C(=O)N[C@H]1CCCCc2cn(nn2)C[C@@H](C(N)=O)NC(=O)[C@H](Cc2c[nH]c3ccccc23)NC(=O)[C@H](CCCN=C(N)N)NC(=O)[C@@H](Cc2ccccc2)NC(=O)[C@H](Cc2cnc[nH]2)NC1=O. The third-order valence-corrected chi connectivity index (χ3v) is 12.8. The van der Waals surface area contributed by atoms with Gasteiger partial charge >= 0.3 is 0 Å². The van der Waals surface area contributed by atoms with Gasteiger partial charge in [0.25, 0.3) is 0 Å². The molecule has 0 spiro atoms. The molecule has 3 aromatic heterocycles. The number of carbonyl (C=O) groups excluding carboxylic acids is 8. The summed E-state index contributed by atoms with van der Waals surface area (Å²) in [6, 6.07) is 7.30. The summed E-state index contributed by atoms with van der Waals surface area (Å²) in [6.07, 6.45) is 8.96. The maximum absolute atomic E-state index is 14.8. The van der Waals surface area contributed by atoms with E-state index in [4.69, 9.17) is 17.2 Å². The van der Waals surface area contributed by atoms with E-state index < -0.39 is 89.6 Å². The zero-order valence-electron chi connectivity index (χ0n) is 42.7. The van der Waals surface area contributed by atoms with Crippen molar-refractivity contribution >= 4 is 64.1 Å². The Labute approximate surface area is 438 Å². The second-order valence-electron chi connectivity index (χ2n) is 18.8. The Morgan fingerprint density at radius 3 is 2.16 bits per heavy atom. The first-order chi connectivity index (χ1) is 36.6. The number of aromatic amines is 2. The number of fused-ring (bicyclic) bond motifs is 3. The van der Waals surface area contributed by atoms with Crippen molar-refractivity contribution in [2.45, 2.75) is 140 Å². The van der Waals surface area contributed by atoms with Crippen molar-refractivity contribution in [1.82, 2.24) is 67.2 Å². The van der Waals surface area contributed by atoms with Crippen molar-refractivity contribution < 1.29 is 38.4 Å². The predicted octanol–water partition coefficient (Wildman–Crippen LogP) is -0.920. The lowest BCUT2D eigenvalue weighted by atomic mass is 10.0. The van der Waals surface area contributed by atoms with Crippen LogP contribution in [0.3, 0.4) is 0 Å². The van der Waals surface area contributed by atoms with Gasteiger partial charge in [0.2, 0.25) is 47.3 Å². The number of rotatable bonds is 17. The zero-order chi connectivity index (χ0) is 54.6. The van der Waals surface area contributed by atoms with Crippen LogP contribution in [0.4, 0.5) is 0 Å². The van der Waals surface area contributed by atoms with E-state index in [1.807, 2.05) is 31.2 Å². The molecule has 6 rings (SSSR count). The molecule has 15 N–H and O–H groups in total. The first-order valence-electron chi connectivity index (χ1n) is 25.5. The number of primary amides is 1. The van der Waals surface area contributed by atoms with Crippen LogP contribution in [0.1, 0.15) is 87.7 Å². The summed E-state index contributed by atoms with van der Waals surface area (Å²) in [6.45, 7) is 3.08. The Morgan fingerprint density at radius 1 is 0.789 bits per heavy atom. The molecular weight excluding hydrogens is 979 g/mol. The molecule has 1 aliphatic heterocycles. The number of nitrogens with zero attached hydrogens (tertiary/aromatic N) is 5. The minimum absolute atomic E-state index is 0.0484. The van der Waals surface area contributed by atoms with Gasteiger partial charge in [0.05, 0.1) is 18.6 Å². The monoisotopic (exact) mass is 1050 g/mol. The number of amides is 8. The van der Waals surface area contributed by atoms with E-state index in [1.54, 1.807) is 42.7 Å². The van der Waals surface area contributed by atoms with E-state index in [9.17, 15) is 38.4 Å². The van der Waals surface area contributed by atoms with Crippen molar-refractivity contribution in [2.75, 3.05) is 6.54 Å². The number of nitrogens with one attached hydrogen (secondary N) is 9. The van der Waals surface area contributed by atoms with Gasteiger partial charge in [0.15, 0.2) is 5.96 Å². The van der Waals surface area contributed by atoms with Crippen molar-refractivity contribution in [2.24, 2.45) is 22.2 Å². The topological polar surface area (TPSA) is 386 Å². The highest BCUT2D eigenvalue weighted by Gasteiger charge is 2.35. The molecule has 25 nitrogen and oxygen atoms in total. The standard InChI is InChI=1S/C51H69N17O8/c1-3-4-17-37(59-30(2)69)45(71)60-38-19-10-8-15-33-27-68(67-66-33)28-43(44(52)70)65-49(75)41(23-32-25-57-36-18-11-9-16-35(32)36)63-47(73)39(20-12-21-56-51(53)54)61-48(74)40(22-31-13-6-5-7-14-31)62-50(76)42(64-46(38)72)24-34-26-55-29-58-34/h5-7,9,11,13-14,16,18,25-27,29,37-43,57H,3-4,8,10,12,15,17,19-24,28H2,1-2H3,(H2,52,70)(H,55,58)(H,59,69)(H,60,71)(H,61,74)(H,62,76)(H,63,73)(H,64,72)(H,65,75)(H4,53,54,56)/t37-,38-,39-,40+,41-,42-,43-/m0/s1. The van der Waals surface area contributed by atoms with Crippen LogP contribution < -0.4 is 54.4 Å². The largest absolute Gasteiger partial charge is 0.370 e. The van der Waals surface area contributed by atoms with Crippen molar-refractivity contribution in [3.63, 3.8) is 0 Å². The number of aliphatic imine (C=N–C) groups is 1. The maximum Gasteiger partial charge on any atom is 0.243 e. The van der Waals surface area contributed by atoms with Crippen LogP contribution >= 0.6 is 0 Å². The van der Waals surface area contributed by atoms with Gasteiger partial charge in [0.1, 0.15) is 42.3 Å². The summed E-state index contributed by atoms with van der Waals surface area (Å²) in [5.74, 6) is -5.95. The van der Waals surface area contributed by atoms with Gasteiger partial charge in [-0.05, 0) is 55.7 Å². The Bertz CT molecular complexity index is 2790. The van der Waals surface area contributed by atoms with Gasteiger partial charge in [-0.3, -0.25) is 43.3 Å². The number of nitrogens with two attached hydrogens (primary N) is 3. The lowest BCUT2D eigenvalue weighted by Gasteiger charge is -2.28. The molecule has 8 amide bonds. The van der Waals surface area contributed by atoms with E-state index in [1.165, 1.54) is 24.1 Å². The fraction of sp³-hybridized carbons (Fsp3) is 0.451. The number of aromatic nitrogens is 6. The quantitative estimate of drug-likeness (QED) is 0.0305. The number of para-hydroxylation sites is 1. The number of carbonyl (C=O) groups is 8. The molecule has 2 bridgehead atoms. The van der Waals surface area contributed by atoms with E-state index in [-0.39, 0.29) is 57.6 Å². The van der Waals surface area contributed by atoms with Crippen LogP contribution in [0, 0.1) is 0 Å². The molecule has 0 saturated carbocycles. The Balaban J connectivity index is 1.39. The molecule has 25 heteroatoms. The van der Waals surface area contributed by atoms with Crippen molar-refractivity contribution in [1.29, 1.82) is 0 Å². The second kappa shape index (κ2) is 28.1. The fourth-order valence-corrected chi connectivity index (χ4v) is 8.80. The van der Waals surface area contributed by atoms with Gasteiger partial charge in [-0.1, -0.05) is 79.9 Å². The third-order valence-electron chi connectivity index (χ3n) is 12.8. The molecule has 0 radical (unpaired) electrons. The highest BCUT2D eigenvalue weighted by molar-refractivity contribution is 5.98.